The summed E-state index contributed by atoms with van der Waals surface area (Å²) in [5.74, 6) is -0.621. The molecule has 0 aliphatic rings. The zero-order valence-electron chi connectivity index (χ0n) is 9.21. The first-order valence-corrected chi connectivity index (χ1v) is 5.23. The van der Waals surface area contributed by atoms with Crippen LogP contribution in [0.3, 0.4) is 0 Å². The number of rotatable bonds is 2. The van der Waals surface area contributed by atoms with Crippen molar-refractivity contribution < 1.29 is 14.5 Å². The quantitative estimate of drug-likeness (QED) is 0.361. The molecule has 0 aliphatic carbocycles. The van der Waals surface area contributed by atoms with Gasteiger partial charge in [0.1, 0.15) is 5.15 Å². The summed E-state index contributed by atoms with van der Waals surface area (Å²) < 4.78 is 4.60. The molecule has 7 heteroatoms. The van der Waals surface area contributed by atoms with E-state index in [1.165, 1.54) is 31.4 Å². The smallest absolute Gasteiger partial charge is 0.338 e. The van der Waals surface area contributed by atoms with Crippen LogP contribution in [0.1, 0.15) is 10.4 Å². The Morgan fingerprint density at radius 1 is 1.44 bits per heavy atom. The minimum absolute atomic E-state index is 0.122. The van der Waals surface area contributed by atoms with Crippen LogP contribution >= 0.6 is 11.6 Å². The van der Waals surface area contributed by atoms with Crippen LogP contribution in [0.15, 0.2) is 24.3 Å². The average molecular weight is 267 g/mol. The molecule has 1 heterocycles. The van der Waals surface area contributed by atoms with Crippen LogP contribution in [-0.2, 0) is 4.74 Å². The molecule has 0 amide bonds. The van der Waals surface area contributed by atoms with E-state index in [1.807, 2.05) is 0 Å². The van der Waals surface area contributed by atoms with E-state index in [2.05, 4.69) is 9.72 Å². The molecule has 6 nitrogen and oxygen atoms in total. The van der Waals surface area contributed by atoms with Gasteiger partial charge in [0.05, 0.1) is 23.1 Å². The number of carbonyl (C=O) groups is 1. The number of halogens is 1. The zero-order valence-corrected chi connectivity index (χ0v) is 9.97. The van der Waals surface area contributed by atoms with Crippen LogP contribution in [0, 0.1) is 10.1 Å². The fraction of sp³-hybridized carbons (Fsp3) is 0.0909. The average Bonchev–Trinajstić information content (AvgIpc) is 2.36. The van der Waals surface area contributed by atoms with E-state index in [0.29, 0.717) is 10.9 Å². The molecule has 0 saturated carbocycles. The van der Waals surface area contributed by atoms with E-state index in [0.717, 1.165) is 0 Å². The highest BCUT2D eigenvalue weighted by molar-refractivity contribution is 6.30. The lowest BCUT2D eigenvalue weighted by molar-refractivity contribution is -0.384. The highest BCUT2D eigenvalue weighted by atomic mass is 35.5. The number of carbonyl (C=O) groups excluding carboxylic acids is 1. The number of nitro benzene ring substituents is 1. The molecule has 2 aromatic rings. The molecule has 0 unspecified atom stereocenters. The van der Waals surface area contributed by atoms with Crippen LogP contribution in [-0.4, -0.2) is 23.0 Å². The third kappa shape index (κ3) is 2.10. The molecule has 0 N–H and O–H groups in total. The van der Waals surface area contributed by atoms with Gasteiger partial charge in [0.15, 0.2) is 0 Å². The number of pyridine rings is 1. The normalized spacial score (nSPS) is 10.3. The van der Waals surface area contributed by atoms with E-state index in [9.17, 15) is 14.9 Å². The minimum atomic E-state index is -0.621. The molecule has 92 valence electrons. The number of aromatic nitrogens is 1. The Kier molecular flexibility index (Phi) is 3.12. The van der Waals surface area contributed by atoms with Crippen molar-refractivity contribution in [3.05, 3.63) is 45.1 Å². The zero-order chi connectivity index (χ0) is 13.3. The summed E-state index contributed by atoms with van der Waals surface area (Å²) in [6, 6.07) is 5.32. The number of nitrogens with zero attached hydrogens (tertiary/aromatic N) is 2. The van der Waals surface area contributed by atoms with Crippen molar-refractivity contribution in [2.75, 3.05) is 7.11 Å². The van der Waals surface area contributed by atoms with Gasteiger partial charge in [0, 0.05) is 17.5 Å². The van der Waals surface area contributed by atoms with Crippen LogP contribution in [0.2, 0.25) is 5.15 Å². The molecule has 0 saturated heterocycles. The first-order valence-electron chi connectivity index (χ1n) is 4.86. The lowest BCUT2D eigenvalue weighted by atomic mass is 10.1. The molecule has 18 heavy (non-hydrogen) atoms. The Morgan fingerprint density at radius 2 is 2.17 bits per heavy atom. The third-order valence-electron chi connectivity index (χ3n) is 2.38. The van der Waals surface area contributed by atoms with Gasteiger partial charge in [-0.3, -0.25) is 10.1 Å². The molecule has 0 atom stereocenters. The fourth-order valence-electron chi connectivity index (χ4n) is 1.57. The number of benzene rings is 1. The van der Waals surface area contributed by atoms with E-state index in [-0.39, 0.29) is 16.4 Å². The van der Waals surface area contributed by atoms with Crippen molar-refractivity contribution in [2.45, 2.75) is 0 Å². The number of fused-ring (bicyclic) bond motifs is 1. The molecule has 1 aromatic heterocycles. The monoisotopic (exact) mass is 266 g/mol. The Morgan fingerprint density at radius 3 is 2.78 bits per heavy atom. The summed E-state index contributed by atoms with van der Waals surface area (Å²) in [6.07, 6.45) is 0. The maximum atomic E-state index is 11.6. The molecule has 0 spiro atoms. The molecule has 0 radical (unpaired) electrons. The van der Waals surface area contributed by atoms with Crippen molar-refractivity contribution in [2.24, 2.45) is 0 Å². The molecule has 0 fully saturated rings. The summed E-state index contributed by atoms with van der Waals surface area (Å²) in [5, 5.41) is 11.2. The van der Waals surface area contributed by atoms with Crippen molar-refractivity contribution in [1.29, 1.82) is 0 Å². The van der Waals surface area contributed by atoms with Crippen LogP contribution in [0.4, 0.5) is 5.69 Å². The number of hydrogen-bond donors (Lipinski definition) is 0. The standard InChI is InChI=1S/C11H7ClN2O4/c1-18-11(15)8-5-10(12)13-9-3-2-6(14(16)17)4-7(8)9/h2-5H,1H3. The maximum absolute atomic E-state index is 11.6. The number of methoxy groups -OCH3 is 1. The third-order valence-corrected chi connectivity index (χ3v) is 2.57. The van der Waals surface area contributed by atoms with Gasteiger partial charge in [0.2, 0.25) is 0 Å². The Hall–Kier alpha value is -2.21. The second-order valence-electron chi connectivity index (χ2n) is 3.44. The first-order chi connectivity index (χ1) is 8.52. The summed E-state index contributed by atoms with van der Waals surface area (Å²) in [7, 11) is 1.22. The predicted octanol–water partition coefficient (Wildman–Crippen LogP) is 2.58. The molecule has 2 rings (SSSR count). The Bertz CT molecular complexity index is 657. The maximum Gasteiger partial charge on any atom is 0.338 e. The second-order valence-corrected chi connectivity index (χ2v) is 3.83. The van der Waals surface area contributed by atoms with Crippen molar-refractivity contribution in [3.63, 3.8) is 0 Å². The predicted molar refractivity (Wildman–Crippen MR) is 64.7 cm³/mol. The largest absolute Gasteiger partial charge is 0.465 e. The lowest BCUT2D eigenvalue weighted by Gasteiger charge is -2.05. The minimum Gasteiger partial charge on any atom is -0.465 e. The SMILES string of the molecule is COC(=O)c1cc(Cl)nc2ccc([N+](=O)[O-])cc12. The topological polar surface area (TPSA) is 82.3 Å². The number of non-ortho nitro benzene ring substituents is 1. The molecular formula is C11H7ClN2O4. The summed E-state index contributed by atoms with van der Waals surface area (Å²) >= 11 is 5.77. The van der Waals surface area contributed by atoms with Crippen LogP contribution in [0.5, 0.6) is 0 Å². The van der Waals surface area contributed by atoms with Gasteiger partial charge in [-0.2, -0.15) is 0 Å². The van der Waals surface area contributed by atoms with E-state index in [4.69, 9.17) is 11.6 Å². The Labute approximate surface area is 106 Å². The highest BCUT2D eigenvalue weighted by Crippen LogP contribution is 2.25. The molecule has 0 bridgehead atoms. The summed E-state index contributed by atoms with van der Waals surface area (Å²) in [6.45, 7) is 0. The number of ether oxygens (including phenoxy) is 1. The van der Waals surface area contributed by atoms with Crippen LogP contribution < -0.4 is 0 Å². The summed E-state index contributed by atoms with van der Waals surface area (Å²) in [5.41, 5.74) is 0.418. The molecule has 1 aromatic carbocycles. The molecule has 0 aliphatic heterocycles. The first kappa shape index (κ1) is 12.3. The van der Waals surface area contributed by atoms with Crippen molar-refractivity contribution >= 4 is 34.2 Å². The van der Waals surface area contributed by atoms with Gasteiger partial charge >= 0.3 is 5.97 Å². The fourth-order valence-corrected chi connectivity index (χ4v) is 1.77. The summed E-state index contributed by atoms with van der Waals surface area (Å²) in [4.78, 5) is 25.7. The second kappa shape index (κ2) is 4.58. The highest BCUT2D eigenvalue weighted by Gasteiger charge is 2.16. The number of esters is 1. The number of nitro groups is 1. The molecular weight excluding hydrogens is 260 g/mol. The van der Waals surface area contributed by atoms with Crippen molar-refractivity contribution in [1.82, 2.24) is 4.98 Å². The number of hydrogen-bond acceptors (Lipinski definition) is 5. The van der Waals surface area contributed by atoms with E-state index < -0.39 is 10.9 Å². The Balaban J connectivity index is 2.77. The lowest BCUT2D eigenvalue weighted by Crippen LogP contribution is -2.03. The van der Waals surface area contributed by atoms with E-state index in [1.54, 1.807) is 0 Å². The van der Waals surface area contributed by atoms with E-state index >= 15 is 0 Å². The van der Waals surface area contributed by atoms with Gasteiger partial charge in [-0.15, -0.1) is 0 Å². The van der Waals surface area contributed by atoms with Gasteiger partial charge < -0.3 is 4.74 Å². The van der Waals surface area contributed by atoms with Gasteiger partial charge in [-0.05, 0) is 12.1 Å². The van der Waals surface area contributed by atoms with Gasteiger partial charge in [0.25, 0.3) is 5.69 Å². The van der Waals surface area contributed by atoms with Crippen LogP contribution in [0.25, 0.3) is 10.9 Å². The van der Waals surface area contributed by atoms with Gasteiger partial charge in [-0.1, -0.05) is 11.6 Å². The van der Waals surface area contributed by atoms with Crippen molar-refractivity contribution in [3.8, 4) is 0 Å². The van der Waals surface area contributed by atoms with Gasteiger partial charge in [-0.25, -0.2) is 9.78 Å².